The maximum atomic E-state index is 11.3. The van der Waals surface area contributed by atoms with Crippen LogP contribution in [0.15, 0.2) is 0 Å². The van der Waals surface area contributed by atoms with Crippen molar-refractivity contribution in [3.63, 3.8) is 0 Å². The van der Waals surface area contributed by atoms with Gasteiger partial charge in [0.1, 0.15) is 0 Å². The average molecular weight is 215 g/mol. The van der Waals surface area contributed by atoms with Crippen LogP contribution in [0.25, 0.3) is 0 Å². The number of unbranched alkanes of at least 4 members (excludes halogenated alkanes) is 1. The predicted octanol–water partition coefficient (Wildman–Crippen LogP) is 1.44. The molecule has 1 unspecified atom stereocenters. The standard InChI is InChI=1S/C11H21NO3/c1-5-6-7-12(10(3)13)8-9(2)11(14)15-4/h9H,5-8H2,1-4H3. The molecule has 0 fully saturated rings. The van der Waals surface area contributed by atoms with Crippen LogP contribution in [-0.4, -0.2) is 37.0 Å². The highest BCUT2D eigenvalue weighted by atomic mass is 16.5. The zero-order valence-electron chi connectivity index (χ0n) is 10.1. The number of ether oxygens (including phenoxy) is 1. The summed E-state index contributed by atoms with van der Waals surface area (Å²) in [6.45, 7) is 6.53. The lowest BCUT2D eigenvalue weighted by molar-refractivity contribution is -0.146. The van der Waals surface area contributed by atoms with Gasteiger partial charge in [0.25, 0.3) is 0 Å². The molecule has 1 amide bonds. The Morgan fingerprint density at radius 3 is 2.40 bits per heavy atom. The van der Waals surface area contributed by atoms with E-state index in [9.17, 15) is 9.59 Å². The van der Waals surface area contributed by atoms with Crippen molar-refractivity contribution in [2.24, 2.45) is 5.92 Å². The van der Waals surface area contributed by atoms with Gasteiger partial charge in [-0.25, -0.2) is 0 Å². The Labute approximate surface area is 91.6 Å². The maximum Gasteiger partial charge on any atom is 0.310 e. The maximum absolute atomic E-state index is 11.3. The number of carbonyl (C=O) groups is 2. The zero-order chi connectivity index (χ0) is 11.8. The van der Waals surface area contributed by atoms with Crippen molar-refractivity contribution in [3.05, 3.63) is 0 Å². The van der Waals surface area contributed by atoms with E-state index in [0.29, 0.717) is 13.1 Å². The molecule has 0 bridgehead atoms. The molecule has 4 heteroatoms. The molecule has 0 aliphatic carbocycles. The normalized spacial score (nSPS) is 12.0. The second kappa shape index (κ2) is 7.26. The van der Waals surface area contributed by atoms with Gasteiger partial charge in [0.2, 0.25) is 5.91 Å². The zero-order valence-corrected chi connectivity index (χ0v) is 10.1. The molecule has 15 heavy (non-hydrogen) atoms. The smallest absolute Gasteiger partial charge is 0.310 e. The number of hydrogen-bond donors (Lipinski definition) is 0. The molecular formula is C11H21NO3. The quantitative estimate of drug-likeness (QED) is 0.630. The molecule has 0 spiro atoms. The fraction of sp³-hybridized carbons (Fsp3) is 0.818. The number of rotatable bonds is 6. The highest BCUT2D eigenvalue weighted by Crippen LogP contribution is 2.04. The molecule has 0 radical (unpaired) electrons. The number of amides is 1. The van der Waals surface area contributed by atoms with E-state index in [1.807, 2.05) is 0 Å². The molecule has 88 valence electrons. The summed E-state index contributed by atoms with van der Waals surface area (Å²) >= 11 is 0. The third kappa shape index (κ3) is 5.40. The summed E-state index contributed by atoms with van der Waals surface area (Å²) in [5.74, 6) is -0.507. The minimum Gasteiger partial charge on any atom is -0.469 e. The molecule has 0 aromatic rings. The van der Waals surface area contributed by atoms with Gasteiger partial charge in [0.15, 0.2) is 0 Å². The SMILES string of the molecule is CCCCN(CC(C)C(=O)OC)C(C)=O. The van der Waals surface area contributed by atoms with Crippen molar-refractivity contribution in [1.29, 1.82) is 0 Å². The first-order valence-electron chi connectivity index (χ1n) is 5.36. The lowest BCUT2D eigenvalue weighted by Crippen LogP contribution is -2.36. The fourth-order valence-corrected chi connectivity index (χ4v) is 1.33. The van der Waals surface area contributed by atoms with Crippen LogP contribution in [0.1, 0.15) is 33.6 Å². The van der Waals surface area contributed by atoms with E-state index < -0.39 is 0 Å². The van der Waals surface area contributed by atoms with Gasteiger partial charge in [-0.3, -0.25) is 9.59 Å². The average Bonchev–Trinajstić information content (AvgIpc) is 2.22. The van der Waals surface area contributed by atoms with Gasteiger partial charge in [-0.2, -0.15) is 0 Å². The number of methoxy groups -OCH3 is 1. The van der Waals surface area contributed by atoms with E-state index in [1.54, 1.807) is 11.8 Å². The summed E-state index contributed by atoms with van der Waals surface area (Å²) in [6, 6.07) is 0. The van der Waals surface area contributed by atoms with Gasteiger partial charge in [0.05, 0.1) is 13.0 Å². The monoisotopic (exact) mass is 215 g/mol. The molecule has 1 atom stereocenters. The van der Waals surface area contributed by atoms with E-state index in [-0.39, 0.29) is 17.8 Å². The molecule has 0 saturated heterocycles. The Kier molecular flexibility index (Phi) is 6.75. The largest absolute Gasteiger partial charge is 0.469 e. The van der Waals surface area contributed by atoms with Crippen LogP contribution in [0.2, 0.25) is 0 Å². The van der Waals surface area contributed by atoms with Crippen molar-refractivity contribution < 1.29 is 14.3 Å². The summed E-state index contributed by atoms with van der Waals surface area (Å²) in [6.07, 6.45) is 2.00. The number of hydrogen-bond acceptors (Lipinski definition) is 3. The second-order valence-corrected chi connectivity index (χ2v) is 3.74. The molecule has 0 rings (SSSR count). The highest BCUT2D eigenvalue weighted by molar-refractivity contribution is 5.76. The van der Waals surface area contributed by atoms with Gasteiger partial charge >= 0.3 is 5.97 Å². The Morgan fingerprint density at radius 2 is 2.00 bits per heavy atom. The predicted molar refractivity (Wildman–Crippen MR) is 58.3 cm³/mol. The van der Waals surface area contributed by atoms with Crippen molar-refractivity contribution in [1.82, 2.24) is 4.90 Å². The Morgan fingerprint density at radius 1 is 1.40 bits per heavy atom. The number of esters is 1. The van der Waals surface area contributed by atoms with Crippen LogP contribution in [0.5, 0.6) is 0 Å². The van der Waals surface area contributed by atoms with Crippen LogP contribution < -0.4 is 0 Å². The topological polar surface area (TPSA) is 46.6 Å². The molecule has 0 saturated carbocycles. The van der Waals surface area contributed by atoms with Gasteiger partial charge in [-0.05, 0) is 6.42 Å². The molecule has 0 heterocycles. The van der Waals surface area contributed by atoms with Crippen LogP contribution in [0.3, 0.4) is 0 Å². The van der Waals surface area contributed by atoms with Crippen LogP contribution in [0, 0.1) is 5.92 Å². The fourth-order valence-electron chi connectivity index (χ4n) is 1.33. The van der Waals surface area contributed by atoms with Gasteiger partial charge in [-0.15, -0.1) is 0 Å². The van der Waals surface area contributed by atoms with Crippen molar-refractivity contribution in [2.45, 2.75) is 33.6 Å². The Balaban J connectivity index is 4.15. The van der Waals surface area contributed by atoms with Gasteiger partial charge in [-0.1, -0.05) is 20.3 Å². The molecule has 0 aliphatic rings. The number of carbonyl (C=O) groups excluding carboxylic acids is 2. The van der Waals surface area contributed by atoms with Crippen LogP contribution >= 0.6 is 0 Å². The van der Waals surface area contributed by atoms with Crippen molar-refractivity contribution >= 4 is 11.9 Å². The molecule has 0 aromatic carbocycles. The van der Waals surface area contributed by atoms with Crippen molar-refractivity contribution in [2.75, 3.05) is 20.2 Å². The lowest BCUT2D eigenvalue weighted by atomic mass is 10.1. The summed E-state index contributed by atoms with van der Waals surface area (Å²) in [5.41, 5.74) is 0. The summed E-state index contributed by atoms with van der Waals surface area (Å²) in [4.78, 5) is 24.2. The molecular weight excluding hydrogens is 194 g/mol. The second-order valence-electron chi connectivity index (χ2n) is 3.74. The summed E-state index contributed by atoms with van der Waals surface area (Å²) in [7, 11) is 1.36. The first-order valence-corrected chi connectivity index (χ1v) is 5.36. The van der Waals surface area contributed by atoms with Crippen LogP contribution in [0.4, 0.5) is 0 Å². The summed E-state index contributed by atoms with van der Waals surface area (Å²) in [5, 5.41) is 0. The van der Waals surface area contributed by atoms with E-state index in [0.717, 1.165) is 12.8 Å². The first-order chi connectivity index (χ1) is 7.02. The van der Waals surface area contributed by atoms with E-state index >= 15 is 0 Å². The molecule has 0 aliphatic heterocycles. The highest BCUT2D eigenvalue weighted by Gasteiger charge is 2.18. The lowest BCUT2D eigenvalue weighted by Gasteiger charge is -2.23. The minimum atomic E-state index is -0.266. The third-order valence-electron chi connectivity index (χ3n) is 2.32. The Hall–Kier alpha value is -1.06. The first kappa shape index (κ1) is 13.9. The Bertz CT molecular complexity index is 216. The van der Waals surface area contributed by atoms with E-state index in [2.05, 4.69) is 11.7 Å². The van der Waals surface area contributed by atoms with Gasteiger partial charge in [0, 0.05) is 20.0 Å². The van der Waals surface area contributed by atoms with Crippen LogP contribution in [-0.2, 0) is 14.3 Å². The molecule has 0 N–H and O–H groups in total. The molecule has 4 nitrogen and oxygen atoms in total. The van der Waals surface area contributed by atoms with E-state index in [1.165, 1.54) is 14.0 Å². The summed E-state index contributed by atoms with van der Waals surface area (Å²) < 4.78 is 4.62. The third-order valence-corrected chi connectivity index (χ3v) is 2.32. The van der Waals surface area contributed by atoms with Gasteiger partial charge < -0.3 is 9.64 Å². The van der Waals surface area contributed by atoms with E-state index in [4.69, 9.17) is 0 Å². The minimum absolute atomic E-state index is 0.0132. The van der Waals surface area contributed by atoms with Crippen molar-refractivity contribution in [3.8, 4) is 0 Å². The molecule has 0 aromatic heterocycles. The number of nitrogens with zero attached hydrogens (tertiary/aromatic N) is 1.